The first-order chi connectivity index (χ1) is 32.5. The third kappa shape index (κ3) is 9.04. The zero-order valence-electron chi connectivity index (χ0n) is 40.1. The number of halogens is 2. The van der Waals surface area contributed by atoms with Gasteiger partial charge in [0.25, 0.3) is 0 Å². The molecular formula is C50H60F2N8O6S2Si. The second-order valence-corrected chi connectivity index (χ2v) is 30.0. The van der Waals surface area contributed by atoms with E-state index in [2.05, 4.69) is 60.3 Å². The predicted octanol–water partition coefficient (Wildman–Crippen LogP) is 8.41. The molecule has 366 valence electrons. The third-order valence-corrected chi connectivity index (χ3v) is 24.0. The molecule has 10 rings (SSSR count). The first kappa shape index (κ1) is 48.7. The van der Waals surface area contributed by atoms with E-state index in [4.69, 9.17) is 4.43 Å². The first-order valence-electron chi connectivity index (χ1n) is 23.3. The molecule has 4 aliphatic carbocycles. The van der Waals surface area contributed by atoms with E-state index in [1.807, 2.05) is 17.0 Å². The number of nitrogens with zero attached hydrogens (tertiary/aromatic N) is 8. The molecule has 2 fully saturated rings. The van der Waals surface area contributed by atoms with Crippen LogP contribution in [0, 0.1) is 22.5 Å². The van der Waals surface area contributed by atoms with Gasteiger partial charge in [-0.05, 0) is 153 Å². The van der Waals surface area contributed by atoms with Crippen molar-refractivity contribution in [3.63, 3.8) is 0 Å². The van der Waals surface area contributed by atoms with Crippen LogP contribution in [0.3, 0.4) is 0 Å². The lowest BCUT2D eigenvalue weighted by Gasteiger charge is -2.47. The van der Waals surface area contributed by atoms with Crippen LogP contribution >= 0.6 is 0 Å². The molecule has 19 heteroatoms. The second-order valence-electron chi connectivity index (χ2n) is 20.8. The maximum absolute atomic E-state index is 13.7. The molecule has 0 saturated heterocycles. The maximum Gasteiger partial charge on any atom is 0.200 e. The molecule has 0 radical (unpaired) electrons. The Bertz CT molecular complexity index is 3190. The number of aryl methyl sites for hydroxylation is 2. The molecule has 4 aliphatic rings. The van der Waals surface area contributed by atoms with Crippen molar-refractivity contribution in [1.82, 2.24) is 39.1 Å². The third-order valence-electron chi connectivity index (χ3n) is 15.3. The highest BCUT2D eigenvalue weighted by Gasteiger charge is 2.50. The fourth-order valence-corrected chi connectivity index (χ4v) is 14.9. The van der Waals surface area contributed by atoms with Gasteiger partial charge in [-0.1, -0.05) is 31.9 Å². The summed E-state index contributed by atoms with van der Waals surface area (Å²) in [6.45, 7) is 11.5. The predicted molar refractivity (Wildman–Crippen MR) is 262 cm³/mol. The van der Waals surface area contributed by atoms with E-state index in [-0.39, 0.29) is 33.3 Å². The Balaban J connectivity index is 0.000000175. The SMILES string of the molecule is Cn1ccc(S(=O)(=O)[C@H]2CCC3=Cc4c(cnn4-c4ccc(F)cc4)C[C@]3(CO)C2)n1.Cn1ccc(S(=O)(=O)[C@H]2CCC3=Cc4c(cnn4-c4ccc(F)cc4)C[C@]3(CO[Si](C)(C)C(C)(C)C)C2)n1. The number of aliphatic hydroxyl groups excluding tert-OH is 1. The molecule has 69 heavy (non-hydrogen) atoms. The number of hydrogen-bond acceptors (Lipinski definition) is 10. The van der Waals surface area contributed by atoms with Gasteiger partial charge in [0.05, 0.1) is 52.3 Å². The van der Waals surface area contributed by atoms with Gasteiger partial charge < -0.3 is 9.53 Å². The van der Waals surface area contributed by atoms with Crippen LogP contribution in [-0.2, 0) is 51.0 Å². The van der Waals surface area contributed by atoms with E-state index in [0.717, 1.165) is 39.5 Å². The lowest BCUT2D eigenvalue weighted by Crippen LogP contribution is -2.48. The van der Waals surface area contributed by atoms with Gasteiger partial charge in [-0.3, -0.25) is 9.36 Å². The van der Waals surface area contributed by atoms with E-state index in [1.54, 1.807) is 67.7 Å². The zero-order chi connectivity index (χ0) is 49.3. The largest absolute Gasteiger partial charge is 0.416 e. The summed E-state index contributed by atoms with van der Waals surface area (Å²) in [4.78, 5) is 0. The van der Waals surface area contributed by atoms with Crippen molar-refractivity contribution in [2.45, 2.75) is 111 Å². The number of hydrogen-bond donors (Lipinski definition) is 1. The summed E-state index contributed by atoms with van der Waals surface area (Å²) in [6.07, 6.45) is 15.3. The van der Waals surface area contributed by atoms with Crippen molar-refractivity contribution in [2.75, 3.05) is 13.2 Å². The Labute approximate surface area is 403 Å². The number of sulfone groups is 2. The normalized spacial score (nSPS) is 22.6. The average molecular weight is 999 g/mol. The summed E-state index contributed by atoms with van der Waals surface area (Å²) in [6, 6.07) is 15.6. The van der Waals surface area contributed by atoms with E-state index in [0.29, 0.717) is 58.0 Å². The highest BCUT2D eigenvalue weighted by atomic mass is 32.2. The first-order valence-corrected chi connectivity index (χ1v) is 29.3. The molecule has 2 saturated carbocycles. The molecule has 4 atom stereocenters. The van der Waals surface area contributed by atoms with Crippen LogP contribution in [0.2, 0.25) is 18.1 Å². The van der Waals surface area contributed by atoms with Crippen LogP contribution in [0.4, 0.5) is 8.78 Å². The van der Waals surface area contributed by atoms with Crippen LogP contribution in [-0.4, -0.2) is 93.1 Å². The van der Waals surface area contributed by atoms with Crippen LogP contribution in [0.1, 0.15) is 81.8 Å². The minimum atomic E-state index is -3.59. The van der Waals surface area contributed by atoms with Gasteiger partial charge >= 0.3 is 0 Å². The molecule has 4 aromatic heterocycles. The molecule has 2 aromatic carbocycles. The maximum atomic E-state index is 13.7. The Kier molecular flexibility index (Phi) is 12.6. The number of rotatable bonds is 10. The molecule has 1 N–H and O–H groups in total. The number of aliphatic hydroxyl groups is 1. The van der Waals surface area contributed by atoms with Crippen LogP contribution in [0.5, 0.6) is 0 Å². The highest BCUT2D eigenvalue weighted by molar-refractivity contribution is 7.92. The van der Waals surface area contributed by atoms with Gasteiger partial charge in [0.15, 0.2) is 38.0 Å². The van der Waals surface area contributed by atoms with Gasteiger partial charge in [-0.25, -0.2) is 35.0 Å². The molecule has 0 unspecified atom stereocenters. The lowest BCUT2D eigenvalue weighted by atomic mass is 9.65. The topological polar surface area (TPSA) is 169 Å². The summed E-state index contributed by atoms with van der Waals surface area (Å²) < 4.78 is 94.0. The van der Waals surface area contributed by atoms with E-state index < -0.39 is 49.3 Å². The van der Waals surface area contributed by atoms with Gasteiger partial charge in [-0.2, -0.15) is 20.4 Å². The minimum absolute atomic E-state index is 0.0366. The van der Waals surface area contributed by atoms with Crippen molar-refractivity contribution in [3.8, 4) is 11.4 Å². The van der Waals surface area contributed by atoms with E-state index in [1.165, 1.54) is 45.3 Å². The van der Waals surface area contributed by atoms with Gasteiger partial charge in [0, 0.05) is 43.9 Å². The molecular weight excluding hydrogens is 939 g/mol. The fourth-order valence-electron chi connectivity index (χ4n) is 10.2. The number of aromatic nitrogens is 8. The van der Waals surface area contributed by atoms with E-state index in [9.17, 15) is 30.7 Å². The molecule has 0 spiro atoms. The summed E-state index contributed by atoms with van der Waals surface area (Å²) in [5.41, 5.74) is 6.59. The Morgan fingerprint density at radius 3 is 1.52 bits per heavy atom. The van der Waals surface area contributed by atoms with Crippen LogP contribution in [0.25, 0.3) is 23.5 Å². The molecule has 6 aromatic rings. The number of benzene rings is 2. The highest BCUT2D eigenvalue weighted by Crippen LogP contribution is 2.52. The molecule has 0 amide bonds. The summed E-state index contributed by atoms with van der Waals surface area (Å²) in [5.74, 6) is -0.600. The molecule has 0 bridgehead atoms. The fraction of sp³-hybridized carbons (Fsp3) is 0.440. The Hall–Kier alpha value is -5.34. The smallest absolute Gasteiger partial charge is 0.200 e. The van der Waals surface area contributed by atoms with Crippen molar-refractivity contribution in [1.29, 1.82) is 0 Å². The Morgan fingerprint density at radius 2 is 1.12 bits per heavy atom. The standard InChI is InChI=1S/C28H37FN4O3SSi.C22H23FN4O3S/c1-27(2,3)38(5,6)36-19-28-16-20-18-30-33(23-10-8-22(29)9-11-23)25(20)15-21(28)7-12-24(17-28)37(34,35)26-13-14-32(4)31-26;1-26-9-8-21(25-26)31(29,30)19-7-2-16-10-20-15(11-22(16,12-19)14-28)13-24-27(20)18-5-3-17(23)4-6-18/h8-11,13-15,18,24H,7,12,16-17,19H2,1-6H3;3-6,8-10,13,19,28H,2,7,11-12,14H2,1H3/t24-,28+;19-,22+/m00/s1. The lowest BCUT2D eigenvalue weighted by molar-refractivity contribution is 0.130. The van der Waals surface area contributed by atoms with Gasteiger partial charge in [0.2, 0.25) is 0 Å². The number of fused-ring (bicyclic) bond motifs is 4. The van der Waals surface area contributed by atoms with Crippen molar-refractivity contribution in [2.24, 2.45) is 24.9 Å². The molecule has 0 aliphatic heterocycles. The minimum Gasteiger partial charge on any atom is -0.416 e. The summed E-state index contributed by atoms with van der Waals surface area (Å²) in [5, 5.41) is 27.0. The average Bonchev–Trinajstić information content (AvgIpc) is 4.14. The van der Waals surface area contributed by atoms with Gasteiger partial charge in [0.1, 0.15) is 11.6 Å². The van der Waals surface area contributed by atoms with Crippen molar-refractivity contribution < 1.29 is 35.1 Å². The molecule has 4 heterocycles. The quantitative estimate of drug-likeness (QED) is 0.132. The van der Waals surface area contributed by atoms with Gasteiger partial charge in [-0.15, -0.1) is 0 Å². The monoisotopic (exact) mass is 998 g/mol. The van der Waals surface area contributed by atoms with Crippen LogP contribution < -0.4 is 0 Å². The van der Waals surface area contributed by atoms with Crippen molar-refractivity contribution >= 4 is 40.1 Å². The zero-order valence-corrected chi connectivity index (χ0v) is 42.7. The Morgan fingerprint density at radius 1 is 0.696 bits per heavy atom. The molecule has 14 nitrogen and oxygen atoms in total. The van der Waals surface area contributed by atoms with E-state index >= 15 is 0 Å². The van der Waals surface area contributed by atoms with Crippen LogP contribution in [0.15, 0.2) is 107 Å². The van der Waals surface area contributed by atoms with Crippen molar-refractivity contribution in [3.05, 3.63) is 131 Å². The summed E-state index contributed by atoms with van der Waals surface area (Å²) in [7, 11) is -5.84. The second kappa shape index (κ2) is 17.8. The summed E-state index contributed by atoms with van der Waals surface area (Å²) >= 11 is 0.